The van der Waals surface area contributed by atoms with Crippen molar-refractivity contribution in [1.82, 2.24) is 4.72 Å². The number of amides is 1. The highest BCUT2D eigenvalue weighted by Crippen LogP contribution is 2.46. The summed E-state index contributed by atoms with van der Waals surface area (Å²) in [5.41, 5.74) is -1.11. The molecule has 1 amide bonds. The lowest BCUT2D eigenvalue weighted by molar-refractivity contribution is -0.169. The first-order chi connectivity index (χ1) is 68.4. The summed E-state index contributed by atoms with van der Waals surface area (Å²) in [6.45, 7) is 37.3. The molecule has 2 saturated carbocycles. The second-order valence-electron chi connectivity index (χ2n) is 37.5. The summed E-state index contributed by atoms with van der Waals surface area (Å²) in [7, 11) is -1.19. The topological polar surface area (TPSA) is 800 Å². The van der Waals surface area contributed by atoms with Gasteiger partial charge >= 0.3 is 131 Å². The van der Waals surface area contributed by atoms with Crippen molar-refractivity contribution < 1.29 is 240 Å². The number of carboxylic acids is 8. The molecule has 2 bridgehead atoms. The molecule has 6 fully saturated rings. The van der Waals surface area contributed by atoms with E-state index in [1.165, 1.54) is 130 Å². The number of ether oxygens (including phenoxy) is 15. The highest BCUT2D eigenvalue weighted by atomic mass is 32.2. The van der Waals surface area contributed by atoms with Gasteiger partial charge in [-0.05, 0) is 58.3 Å². The number of carboxylic acid groups (broad SMARTS) is 8. The molecule has 149 heavy (non-hydrogen) atoms. The van der Waals surface area contributed by atoms with Gasteiger partial charge in [0.15, 0.2) is 0 Å². The van der Waals surface area contributed by atoms with E-state index in [1.807, 2.05) is 26.8 Å². The van der Waals surface area contributed by atoms with E-state index in [4.69, 9.17) is 93.9 Å². The van der Waals surface area contributed by atoms with E-state index in [1.54, 1.807) is 46.3 Å². The number of aliphatic hydroxyl groups excluding tert-OH is 1. The Morgan fingerprint density at radius 1 is 0.396 bits per heavy atom. The molecular weight excluding hydrogens is 2010 g/mol. The number of hydrogen-bond acceptors (Lipinski definition) is 43. The molecule has 4 saturated heterocycles. The van der Waals surface area contributed by atoms with Crippen LogP contribution in [0.15, 0.2) is 0 Å². The molecule has 0 radical (unpaired) electrons. The summed E-state index contributed by atoms with van der Waals surface area (Å²) in [4.78, 5) is 265. The van der Waals surface area contributed by atoms with E-state index in [0.717, 1.165) is 25.5 Å². The van der Waals surface area contributed by atoms with Crippen molar-refractivity contribution in [2.24, 2.45) is 124 Å². The van der Waals surface area contributed by atoms with Crippen molar-refractivity contribution in [2.75, 3.05) is 73.3 Å². The third-order valence-electron chi connectivity index (χ3n) is 24.2. The second kappa shape index (κ2) is 69.8. The highest BCUT2D eigenvalue weighted by molar-refractivity contribution is 7.89. The van der Waals surface area contributed by atoms with Gasteiger partial charge in [-0.1, -0.05) is 138 Å². The summed E-state index contributed by atoms with van der Waals surface area (Å²) in [6, 6.07) is 1.82. The third kappa shape index (κ3) is 55.5. The van der Waals surface area contributed by atoms with Gasteiger partial charge in [0.25, 0.3) is 5.97 Å². The fraction of sp³-hybridized carbons (Fsp3) is 0.740. The summed E-state index contributed by atoms with van der Waals surface area (Å²) in [5, 5.41) is 84.0. The first-order valence-corrected chi connectivity index (χ1v) is 49.2. The smallest absolute Gasteiger partial charge is 0.348 e. The van der Waals surface area contributed by atoms with Crippen molar-refractivity contribution in [2.45, 2.75) is 260 Å². The second-order valence-corrected chi connectivity index (χ2v) is 39.3. The predicted octanol–water partition coefficient (Wildman–Crippen LogP) is 5.50. The van der Waals surface area contributed by atoms with Gasteiger partial charge in [0, 0.05) is 37.5 Å². The third-order valence-corrected chi connectivity index (χ3v) is 24.7. The standard InChI is InChI=1S/C17H28O4.C12H18O6.C11H17NO7S.C11H16O6.C10H14O6.C9H13NO4.C9H14O6.C8H14O5.C7H12O4.C2H4O2/c1-10(11(2)16(19)21-17(3,4)5)15(18)20-14-9-12-6-7-13(14)8-12;1-6(9(13)14)7(2)10(15)18-8-11(16)17-5-12(8,3)4;1-6(9(13)12-20(3,16)17)7(2)10(14)19-8-4-5-18-11(8)15;1-6(9(12)15-3)7(2)10(13)17-8-4-5-16-11(8)14;1-5(8(11)12)6(2)9(13)16-7-3-4-15-10(7)14;1-6(8(11)12)7(2)9(13)14-5-3-4-10;1-5(8(12)13)6(2)9(14)15-4-3-7(10)11;1-5(7(10)11)6(2)8(12)13-4-3-9;1-4(6(8)9)5(2)7(10)11-3;1-2(3)4/h10-14H,6-9H2,1-5H3;6-8H,5H2,1-4H3,(H,13,14);6-8H,4-5H2,1-3H3,(H,12,13);6-8H,4-5H2,1-3H3;5-7H,3-4H2,1-2H3,(H,11,12);6-7H,3,5H2,1-2H3,(H,11,12);5-6H,3-4H2,1-2H3,(H,10,11)(H,12,13);5-6,9H,3-4H2,1-2H3,(H,10,11);4-5H,1-3H3,(H,8,9);1H3,(H,3,4). The van der Waals surface area contributed by atoms with Crippen LogP contribution in [0.25, 0.3) is 0 Å². The maximum absolute atomic E-state index is 12.3. The number of carbonyl (C=O) groups excluding carboxylic acids is 16. The number of nitrogens with zero attached hydrogens (tertiary/aromatic N) is 1. The van der Waals surface area contributed by atoms with Gasteiger partial charge in [-0.25, -0.2) is 27.6 Å². The summed E-state index contributed by atoms with van der Waals surface area (Å²) >= 11 is 0. The highest BCUT2D eigenvalue weighted by Gasteiger charge is 2.49. The minimum atomic E-state index is -3.68. The lowest BCUT2D eigenvalue weighted by Crippen LogP contribution is -2.39. The normalized spacial score (nSPS) is 20.7. The van der Waals surface area contributed by atoms with Crippen LogP contribution in [0.2, 0.25) is 0 Å². The van der Waals surface area contributed by atoms with E-state index < -0.39 is 283 Å². The molecule has 4 aliphatic heterocycles. The van der Waals surface area contributed by atoms with Crippen LogP contribution in [0, 0.1) is 135 Å². The molecule has 10 N–H and O–H groups in total. The summed E-state index contributed by atoms with van der Waals surface area (Å²) < 4.78 is 96.2. The number of cyclic esters (lactones) is 4. The van der Waals surface area contributed by atoms with Crippen molar-refractivity contribution in [3.05, 3.63) is 0 Å². The Labute approximate surface area is 863 Å². The molecule has 2 aliphatic carbocycles. The zero-order valence-electron chi connectivity index (χ0n) is 89.1. The van der Waals surface area contributed by atoms with Crippen molar-refractivity contribution in [3.63, 3.8) is 0 Å². The number of sulfonamides is 1. The fourth-order valence-electron chi connectivity index (χ4n) is 12.0. The van der Waals surface area contributed by atoms with Gasteiger partial charge in [0.1, 0.15) is 38.1 Å². The molecular formula is C96H150N2O50S. The Balaban J connectivity index is -0.000000794. The number of aliphatic hydroxyl groups is 1. The minimum Gasteiger partial charge on any atom is -0.481 e. The number of esters is 15. The number of hydrogen-bond donors (Lipinski definition) is 10. The minimum absolute atomic E-state index is 0.0199. The maximum atomic E-state index is 12.3. The Morgan fingerprint density at radius 2 is 0.685 bits per heavy atom. The molecule has 4 heterocycles. The molecule has 0 aromatic rings. The predicted molar refractivity (Wildman–Crippen MR) is 506 cm³/mol. The number of nitriles is 1. The van der Waals surface area contributed by atoms with E-state index in [2.05, 4.69) is 33.2 Å². The maximum Gasteiger partial charge on any atom is 0.348 e. The van der Waals surface area contributed by atoms with Crippen LogP contribution >= 0.6 is 0 Å². The fourth-order valence-corrected chi connectivity index (χ4v) is 12.6. The number of fused-ring (bicyclic) bond motifs is 2. The average molecular weight is 2160 g/mol. The van der Waals surface area contributed by atoms with Gasteiger partial charge in [-0.2, -0.15) is 5.26 Å². The van der Waals surface area contributed by atoms with Gasteiger partial charge in [-0.15, -0.1) is 0 Å². The molecule has 6 aliphatic rings. The van der Waals surface area contributed by atoms with E-state index in [0.29, 0.717) is 18.8 Å². The first kappa shape index (κ1) is 142. The summed E-state index contributed by atoms with van der Waals surface area (Å²) in [6.07, 6.45) is 2.77. The Hall–Kier alpha value is -13.3. The molecule has 0 spiro atoms. The van der Waals surface area contributed by atoms with Crippen LogP contribution in [-0.2, 0) is 196 Å². The van der Waals surface area contributed by atoms with Gasteiger partial charge < -0.3 is 117 Å². The monoisotopic (exact) mass is 2160 g/mol. The summed E-state index contributed by atoms with van der Waals surface area (Å²) in [5.74, 6) is -29.2. The Morgan fingerprint density at radius 3 is 0.946 bits per heavy atom. The Bertz CT molecular complexity index is 4660. The zero-order chi connectivity index (χ0) is 117. The van der Waals surface area contributed by atoms with Crippen LogP contribution in [0.4, 0.5) is 0 Å². The number of methoxy groups -OCH3 is 2. The van der Waals surface area contributed by atoms with Crippen molar-refractivity contribution >= 4 is 153 Å². The van der Waals surface area contributed by atoms with Crippen LogP contribution < -0.4 is 4.72 Å². The van der Waals surface area contributed by atoms with Gasteiger partial charge in [-0.3, -0.25) is 101 Å². The molecule has 52 nitrogen and oxygen atoms in total. The zero-order valence-corrected chi connectivity index (χ0v) is 89.9. The number of nitrogens with one attached hydrogen (secondary N) is 1. The van der Waals surface area contributed by atoms with Crippen LogP contribution in [0.1, 0.15) is 224 Å². The van der Waals surface area contributed by atoms with Crippen LogP contribution in [0.5, 0.6) is 0 Å². The average Bonchev–Trinajstić information content (AvgIpc) is 1.67. The molecule has 850 valence electrons. The van der Waals surface area contributed by atoms with E-state index >= 15 is 0 Å². The molecule has 0 aromatic heterocycles. The first-order valence-electron chi connectivity index (χ1n) is 47.3. The quantitative estimate of drug-likeness (QED) is 0.0205. The van der Waals surface area contributed by atoms with Crippen molar-refractivity contribution in [3.8, 4) is 6.07 Å². The lowest BCUT2D eigenvalue weighted by Gasteiger charge is -2.27. The van der Waals surface area contributed by atoms with Gasteiger partial charge in [0.2, 0.25) is 40.3 Å². The molecule has 0 aromatic carbocycles. The Kier molecular flexibility index (Phi) is 66.5. The molecule has 25 unspecified atom stereocenters. The largest absolute Gasteiger partial charge is 0.481 e. The number of rotatable bonds is 40. The van der Waals surface area contributed by atoms with Crippen LogP contribution in [0.3, 0.4) is 0 Å². The van der Waals surface area contributed by atoms with Crippen LogP contribution in [-0.4, -0.2) is 307 Å². The molecule has 53 heteroatoms. The SMILES string of the molecule is CC(=O)O.CC(C(=O)NS(C)(=O)=O)C(C)C(=O)OC1CCOC1=O.CC(C(=O)O)C(C)C(=O)OC1C(=O)OCC1(C)C.CC(C(=O)O)C(C)C(=O)OC1CCOC1=O.CC(C(=O)O)C(C)C(=O)OCCC#N.CC(C(=O)O)C(C)C(=O)OCCC(=O)O.CC(C(=O)O)C(C)C(=O)OCCO.CC(C(=O)OC1CC2CCC1C2)C(C)C(=O)OC(C)(C)C.COC(=O)C(C)C(C)C(=O)O.COC(=O)C(C)C(C)C(=O)OC1CCOC1=O. The molecule has 6 rings (SSSR count). The van der Waals surface area contributed by atoms with Crippen molar-refractivity contribution in [1.29, 1.82) is 5.26 Å². The van der Waals surface area contributed by atoms with Gasteiger partial charge in [0.05, 0.1) is 166 Å². The number of aliphatic carboxylic acids is 8. The number of carbonyl (C=O) groups is 24. The molecule has 25 atom stereocenters. The lowest BCUT2D eigenvalue weighted by atomic mass is 9.89. The van der Waals surface area contributed by atoms with E-state index in [-0.39, 0.29) is 90.2 Å². The van der Waals surface area contributed by atoms with E-state index in [9.17, 15) is 119 Å².